The molecule has 0 bridgehead atoms. The molecule has 0 amide bonds. The van der Waals surface area contributed by atoms with Crippen LogP contribution in [0.25, 0.3) is 0 Å². The van der Waals surface area contributed by atoms with Crippen molar-refractivity contribution >= 4 is 0 Å². The third kappa shape index (κ3) is 5.20. The first-order chi connectivity index (χ1) is 8.13. The first-order valence-electron chi connectivity index (χ1n) is 6.15. The van der Waals surface area contributed by atoms with E-state index in [1.165, 1.54) is 12.0 Å². The minimum atomic E-state index is 0.392. The molecule has 1 aromatic carbocycles. The van der Waals surface area contributed by atoms with E-state index >= 15 is 0 Å². The molecule has 0 aliphatic heterocycles. The lowest BCUT2D eigenvalue weighted by atomic mass is 10.1. The van der Waals surface area contributed by atoms with Crippen LogP contribution < -0.4 is 10.1 Å². The molecule has 0 radical (unpaired) electrons. The van der Waals surface area contributed by atoms with Crippen molar-refractivity contribution in [1.29, 1.82) is 0 Å². The third-order valence-corrected chi connectivity index (χ3v) is 2.85. The molecule has 0 heterocycles. The highest BCUT2D eigenvalue weighted by Gasteiger charge is 2.04. The third-order valence-electron chi connectivity index (χ3n) is 2.85. The number of nitrogens with zero attached hydrogens (tertiary/aromatic N) is 1. The monoisotopic (exact) mass is 236 g/mol. The Labute approximate surface area is 105 Å². The molecule has 3 nitrogen and oxygen atoms in total. The van der Waals surface area contributed by atoms with Gasteiger partial charge in [-0.25, -0.2) is 0 Å². The number of hydrogen-bond acceptors (Lipinski definition) is 3. The summed E-state index contributed by atoms with van der Waals surface area (Å²) in [5.74, 6) is 0.911. The molecule has 0 saturated carbocycles. The number of methoxy groups -OCH3 is 1. The van der Waals surface area contributed by atoms with Crippen LogP contribution >= 0.6 is 0 Å². The van der Waals surface area contributed by atoms with Gasteiger partial charge >= 0.3 is 0 Å². The summed E-state index contributed by atoms with van der Waals surface area (Å²) < 4.78 is 5.15. The Hall–Kier alpha value is -1.06. The first-order valence-corrected chi connectivity index (χ1v) is 6.15. The molecule has 3 heteroatoms. The van der Waals surface area contributed by atoms with Gasteiger partial charge in [0.1, 0.15) is 5.75 Å². The summed E-state index contributed by atoms with van der Waals surface area (Å²) in [6, 6.07) is 8.63. The number of nitrogens with one attached hydrogen (secondary N) is 1. The number of benzene rings is 1. The molecule has 17 heavy (non-hydrogen) atoms. The lowest BCUT2D eigenvalue weighted by Crippen LogP contribution is -2.23. The fourth-order valence-corrected chi connectivity index (χ4v) is 1.72. The van der Waals surface area contributed by atoms with Crippen LogP contribution in [0.1, 0.15) is 24.9 Å². The van der Waals surface area contributed by atoms with E-state index in [4.69, 9.17) is 4.74 Å². The summed E-state index contributed by atoms with van der Waals surface area (Å²) >= 11 is 0. The predicted octanol–water partition coefficient (Wildman–Crippen LogP) is 2.30. The van der Waals surface area contributed by atoms with Gasteiger partial charge in [-0.05, 0) is 58.2 Å². The Kier molecular flexibility index (Phi) is 6.01. The van der Waals surface area contributed by atoms with E-state index < -0.39 is 0 Å². The molecule has 0 saturated heterocycles. The highest BCUT2D eigenvalue weighted by atomic mass is 16.5. The fraction of sp³-hybridized carbons (Fsp3) is 0.571. The Bertz CT molecular complexity index is 309. The molecular weight excluding hydrogens is 212 g/mol. The van der Waals surface area contributed by atoms with Gasteiger partial charge in [-0.3, -0.25) is 0 Å². The summed E-state index contributed by atoms with van der Waals surface area (Å²) in [6.45, 7) is 4.37. The minimum absolute atomic E-state index is 0.392. The molecule has 0 aliphatic carbocycles. The maximum absolute atomic E-state index is 5.15. The summed E-state index contributed by atoms with van der Waals surface area (Å²) in [7, 11) is 5.90. The maximum atomic E-state index is 5.15. The van der Waals surface area contributed by atoms with Gasteiger partial charge in [0.2, 0.25) is 0 Å². The Morgan fingerprint density at radius 1 is 1.24 bits per heavy atom. The van der Waals surface area contributed by atoms with Crippen LogP contribution in [-0.2, 0) is 0 Å². The van der Waals surface area contributed by atoms with Gasteiger partial charge in [0.15, 0.2) is 0 Å². The van der Waals surface area contributed by atoms with E-state index in [9.17, 15) is 0 Å². The van der Waals surface area contributed by atoms with E-state index in [1.54, 1.807) is 7.11 Å². The lowest BCUT2D eigenvalue weighted by Gasteiger charge is -2.16. The van der Waals surface area contributed by atoms with Crippen molar-refractivity contribution in [3.05, 3.63) is 29.8 Å². The van der Waals surface area contributed by atoms with Crippen molar-refractivity contribution in [2.45, 2.75) is 19.4 Å². The molecule has 0 aromatic heterocycles. The predicted molar refractivity (Wildman–Crippen MR) is 72.6 cm³/mol. The van der Waals surface area contributed by atoms with Crippen LogP contribution in [-0.4, -0.2) is 39.2 Å². The zero-order chi connectivity index (χ0) is 12.7. The molecule has 1 atom stereocenters. The van der Waals surface area contributed by atoms with Crippen LogP contribution in [0, 0.1) is 0 Å². The zero-order valence-electron chi connectivity index (χ0n) is 11.4. The minimum Gasteiger partial charge on any atom is -0.497 e. The molecule has 0 fully saturated rings. The lowest BCUT2D eigenvalue weighted by molar-refractivity contribution is 0.389. The van der Waals surface area contributed by atoms with Gasteiger partial charge in [-0.1, -0.05) is 12.1 Å². The van der Waals surface area contributed by atoms with Crippen molar-refractivity contribution in [2.75, 3.05) is 34.3 Å². The highest BCUT2D eigenvalue weighted by Crippen LogP contribution is 2.16. The Morgan fingerprint density at radius 2 is 1.88 bits per heavy atom. The van der Waals surface area contributed by atoms with Crippen LogP contribution in [0.3, 0.4) is 0 Å². The van der Waals surface area contributed by atoms with Crippen LogP contribution in [0.15, 0.2) is 24.3 Å². The largest absolute Gasteiger partial charge is 0.497 e. The number of rotatable bonds is 7. The molecule has 1 N–H and O–H groups in total. The van der Waals surface area contributed by atoms with Crippen molar-refractivity contribution in [3.8, 4) is 5.75 Å². The van der Waals surface area contributed by atoms with E-state index in [1.807, 2.05) is 12.1 Å². The summed E-state index contributed by atoms with van der Waals surface area (Å²) in [5, 5.41) is 3.52. The van der Waals surface area contributed by atoms with E-state index in [2.05, 4.69) is 43.4 Å². The van der Waals surface area contributed by atoms with Crippen molar-refractivity contribution in [3.63, 3.8) is 0 Å². The zero-order valence-corrected chi connectivity index (χ0v) is 11.4. The number of ether oxygens (including phenoxy) is 1. The van der Waals surface area contributed by atoms with Crippen molar-refractivity contribution in [2.24, 2.45) is 0 Å². The normalized spacial score (nSPS) is 12.8. The van der Waals surface area contributed by atoms with Gasteiger partial charge in [-0.2, -0.15) is 0 Å². The number of hydrogen-bond donors (Lipinski definition) is 1. The molecule has 96 valence electrons. The topological polar surface area (TPSA) is 24.5 Å². The van der Waals surface area contributed by atoms with Crippen LogP contribution in [0.2, 0.25) is 0 Å². The first kappa shape index (κ1) is 14.0. The summed E-state index contributed by atoms with van der Waals surface area (Å²) in [4.78, 5) is 2.21. The van der Waals surface area contributed by atoms with Gasteiger partial charge in [0.05, 0.1) is 7.11 Å². The summed E-state index contributed by atoms with van der Waals surface area (Å²) in [5.41, 5.74) is 1.30. The smallest absolute Gasteiger partial charge is 0.118 e. The van der Waals surface area contributed by atoms with Gasteiger partial charge in [0.25, 0.3) is 0 Å². The Balaban J connectivity index is 2.33. The van der Waals surface area contributed by atoms with Crippen LogP contribution in [0.5, 0.6) is 5.75 Å². The second-order valence-corrected chi connectivity index (χ2v) is 4.61. The quantitative estimate of drug-likeness (QED) is 0.735. The SMILES string of the molecule is COc1ccc([C@@H](C)NCCCN(C)C)cc1. The average Bonchev–Trinajstić information content (AvgIpc) is 2.34. The molecule has 0 unspecified atom stereocenters. The molecule has 1 aromatic rings. The van der Waals surface area contributed by atoms with Crippen molar-refractivity contribution in [1.82, 2.24) is 10.2 Å². The van der Waals surface area contributed by atoms with Gasteiger partial charge in [-0.15, -0.1) is 0 Å². The van der Waals surface area contributed by atoms with E-state index in [0.717, 1.165) is 18.8 Å². The van der Waals surface area contributed by atoms with E-state index in [0.29, 0.717) is 6.04 Å². The molecule has 0 spiro atoms. The highest BCUT2D eigenvalue weighted by molar-refractivity contribution is 5.28. The van der Waals surface area contributed by atoms with Gasteiger partial charge < -0.3 is 15.0 Å². The summed E-state index contributed by atoms with van der Waals surface area (Å²) in [6.07, 6.45) is 1.17. The second-order valence-electron chi connectivity index (χ2n) is 4.61. The maximum Gasteiger partial charge on any atom is 0.118 e. The van der Waals surface area contributed by atoms with E-state index in [-0.39, 0.29) is 0 Å². The fourth-order valence-electron chi connectivity index (χ4n) is 1.72. The average molecular weight is 236 g/mol. The Morgan fingerprint density at radius 3 is 2.41 bits per heavy atom. The second kappa shape index (κ2) is 7.30. The van der Waals surface area contributed by atoms with Crippen molar-refractivity contribution < 1.29 is 4.74 Å². The molecule has 1 rings (SSSR count). The van der Waals surface area contributed by atoms with Gasteiger partial charge in [0, 0.05) is 6.04 Å². The molecular formula is C14H24N2O. The standard InChI is InChI=1S/C14H24N2O/c1-12(15-10-5-11-16(2)3)13-6-8-14(17-4)9-7-13/h6-9,12,15H,5,10-11H2,1-4H3/t12-/m1/s1. The molecule has 0 aliphatic rings. The van der Waals surface area contributed by atoms with Crippen LogP contribution in [0.4, 0.5) is 0 Å².